The zero-order chi connectivity index (χ0) is 22.0. The highest BCUT2D eigenvalue weighted by Crippen LogP contribution is 2.29. The second-order valence-electron chi connectivity index (χ2n) is 7.18. The van der Waals surface area contributed by atoms with E-state index in [4.69, 9.17) is 0 Å². The van der Waals surface area contributed by atoms with Gasteiger partial charge in [-0.25, -0.2) is 15.0 Å². The van der Waals surface area contributed by atoms with Crippen LogP contribution in [0.25, 0.3) is 11.1 Å². The van der Waals surface area contributed by atoms with E-state index >= 15 is 0 Å². The van der Waals surface area contributed by atoms with Crippen molar-refractivity contribution < 1.29 is 18.0 Å². The standard InChI is InChI=1S/C21H19F3N6O/c1-12-8-14(13-2-3-18(27-11-13)29-16-4-6-25-19(16)31)10-15(9-12)28-20-26-7-5-17(30-20)21(22,23)24/h2-3,5,7-11,16H,4,6H2,1H3,(H,25,31)(H,27,29)(H,26,28,30). The fourth-order valence-corrected chi connectivity index (χ4v) is 3.29. The number of halogens is 3. The molecule has 1 fully saturated rings. The Hall–Kier alpha value is -3.69. The van der Waals surface area contributed by atoms with Gasteiger partial charge in [0.15, 0.2) is 0 Å². The van der Waals surface area contributed by atoms with Crippen molar-refractivity contribution in [3.05, 3.63) is 60.0 Å². The lowest BCUT2D eigenvalue weighted by Crippen LogP contribution is -2.29. The van der Waals surface area contributed by atoms with Gasteiger partial charge in [0.2, 0.25) is 11.9 Å². The molecule has 0 radical (unpaired) electrons. The quantitative estimate of drug-likeness (QED) is 0.571. The van der Waals surface area contributed by atoms with Crippen molar-refractivity contribution in [1.82, 2.24) is 20.3 Å². The van der Waals surface area contributed by atoms with Crippen molar-refractivity contribution in [3.8, 4) is 11.1 Å². The van der Waals surface area contributed by atoms with Crippen LogP contribution in [0, 0.1) is 6.92 Å². The van der Waals surface area contributed by atoms with Crippen LogP contribution < -0.4 is 16.0 Å². The predicted molar refractivity (Wildman–Crippen MR) is 110 cm³/mol. The van der Waals surface area contributed by atoms with Gasteiger partial charge in [0.25, 0.3) is 0 Å². The van der Waals surface area contributed by atoms with Gasteiger partial charge in [0, 0.05) is 30.2 Å². The molecule has 1 amide bonds. The minimum Gasteiger partial charge on any atom is -0.358 e. The zero-order valence-corrected chi connectivity index (χ0v) is 16.5. The summed E-state index contributed by atoms with van der Waals surface area (Å²) in [7, 11) is 0. The zero-order valence-electron chi connectivity index (χ0n) is 16.5. The molecule has 7 nitrogen and oxygen atoms in total. The second kappa shape index (κ2) is 8.21. The van der Waals surface area contributed by atoms with Crippen LogP contribution >= 0.6 is 0 Å². The first-order valence-electron chi connectivity index (χ1n) is 9.57. The van der Waals surface area contributed by atoms with Crippen LogP contribution in [-0.4, -0.2) is 33.4 Å². The van der Waals surface area contributed by atoms with Crippen molar-refractivity contribution in [2.45, 2.75) is 25.6 Å². The van der Waals surface area contributed by atoms with Crippen molar-refractivity contribution >= 4 is 23.4 Å². The van der Waals surface area contributed by atoms with Gasteiger partial charge >= 0.3 is 6.18 Å². The molecule has 1 atom stereocenters. The number of amides is 1. The number of hydrogen-bond acceptors (Lipinski definition) is 6. The largest absolute Gasteiger partial charge is 0.433 e. The van der Waals surface area contributed by atoms with E-state index in [2.05, 4.69) is 30.9 Å². The van der Waals surface area contributed by atoms with Crippen LogP contribution in [0.4, 0.5) is 30.6 Å². The van der Waals surface area contributed by atoms with Crippen molar-refractivity contribution in [1.29, 1.82) is 0 Å². The number of hydrogen-bond donors (Lipinski definition) is 3. The van der Waals surface area contributed by atoms with Crippen molar-refractivity contribution in [2.24, 2.45) is 0 Å². The number of carbonyl (C=O) groups excluding carboxylic acids is 1. The lowest BCUT2D eigenvalue weighted by Gasteiger charge is -2.12. The lowest BCUT2D eigenvalue weighted by atomic mass is 10.0. The topological polar surface area (TPSA) is 91.8 Å². The van der Waals surface area contributed by atoms with Gasteiger partial charge in [-0.3, -0.25) is 4.79 Å². The van der Waals surface area contributed by atoms with E-state index in [-0.39, 0.29) is 17.9 Å². The highest BCUT2D eigenvalue weighted by atomic mass is 19.4. The first-order valence-corrected chi connectivity index (χ1v) is 9.57. The molecule has 160 valence electrons. The highest BCUT2D eigenvalue weighted by molar-refractivity contribution is 5.86. The molecule has 1 unspecified atom stereocenters. The van der Waals surface area contributed by atoms with Gasteiger partial charge in [-0.2, -0.15) is 13.2 Å². The highest BCUT2D eigenvalue weighted by Gasteiger charge is 2.32. The third kappa shape index (κ3) is 4.90. The van der Waals surface area contributed by atoms with E-state index in [1.807, 2.05) is 19.1 Å². The first kappa shape index (κ1) is 20.6. The number of nitrogens with one attached hydrogen (secondary N) is 3. The van der Waals surface area contributed by atoms with Gasteiger partial charge in [-0.05, 0) is 54.8 Å². The summed E-state index contributed by atoms with van der Waals surface area (Å²) in [6.45, 7) is 2.52. The molecule has 1 aliphatic rings. The average Bonchev–Trinajstić information content (AvgIpc) is 3.12. The van der Waals surface area contributed by atoms with E-state index in [1.165, 1.54) is 0 Å². The summed E-state index contributed by atoms with van der Waals surface area (Å²) >= 11 is 0. The number of benzene rings is 1. The molecule has 2 aromatic heterocycles. The molecule has 0 bridgehead atoms. The van der Waals surface area contributed by atoms with E-state index in [9.17, 15) is 18.0 Å². The third-order valence-electron chi connectivity index (χ3n) is 4.75. The first-order chi connectivity index (χ1) is 14.8. The summed E-state index contributed by atoms with van der Waals surface area (Å²) in [5.74, 6) is 0.408. The molecule has 0 saturated carbocycles. The summed E-state index contributed by atoms with van der Waals surface area (Å²) < 4.78 is 38.7. The molecule has 4 rings (SSSR count). The molecule has 3 aromatic rings. The molecular formula is C21H19F3N6O. The Morgan fingerprint density at radius 1 is 1.10 bits per heavy atom. The molecule has 3 heterocycles. The maximum atomic E-state index is 12.9. The Bertz CT molecular complexity index is 1100. The molecule has 10 heteroatoms. The summed E-state index contributed by atoms with van der Waals surface area (Å²) in [6.07, 6.45) is -1.10. The number of rotatable bonds is 5. The van der Waals surface area contributed by atoms with Crippen molar-refractivity contribution in [2.75, 3.05) is 17.2 Å². The van der Waals surface area contributed by atoms with E-state index in [0.717, 1.165) is 29.0 Å². The van der Waals surface area contributed by atoms with Crippen LogP contribution in [-0.2, 0) is 11.0 Å². The maximum Gasteiger partial charge on any atom is 0.433 e. The summed E-state index contributed by atoms with van der Waals surface area (Å²) in [6, 6.07) is 9.69. The summed E-state index contributed by atoms with van der Waals surface area (Å²) in [4.78, 5) is 23.5. The number of pyridine rings is 1. The minimum atomic E-state index is -4.54. The van der Waals surface area contributed by atoms with E-state index < -0.39 is 11.9 Å². The third-order valence-corrected chi connectivity index (χ3v) is 4.75. The maximum absolute atomic E-state index is 12.9. The average molecular weight is 428 g/mol. The normalized spacial score (nSPS) is 16.1. The van der Waals surface area contributed by atoms with E-state index in [0.29, 0.717) is 24.5 Å². The molecule has 0 aliphatic carbocycles. The number of aryl methyl sites for hydroxylation is 1. The van der Waals surface area contributed by atoms with Gasteiger partial charge in [0.05, 0.1) is 0 Å². The number of alkyl halides is 3. The molecule has 1 aliphatic heterocycles. The number of carbonyl (C=O) groups is 1. The lowest BCUT2D eigenvalue weighted by molar-refractivity contribution is -0.141. The van der Waals surface area contributed by atoms with Crippen molar-refractivity contribution in [3.63, 3.8) is 0 Å². The molecule has 31 heavy (non-hydrogen) atoms. The number of aromatic nitrogens is 3. The van der Waals surface area contributed by atoms with Crippen LogP contribution in [0.3, 0.4) is 0 Å². The van der Waals surface area contributed by atoms with Crippen LogP contribution in [0.1, 0.15) is 17.7 Å². The molecular weight excluding hydrogens is 409 g/mol. The molecule has 1 saturated heterocycles. The van der Waals surface area contributed by atoms with Gasteiger partial charge in [-0.1, -0.05) is 6.07 Å². The Morgan fingerprint density at radius 2 is 1.94 bits per heavy atom. The Kier molecular flexibility index (Phi) is 5.45. The van der Waals surface area contributed by atoms with E-state index in [1.54, 1.807) is 24.4 Å². The Morgan fingerprint density at radius 3 is 2.61 bits per heavy atom. The Balaban J connectivity index is 1.53. The minimum absolute atomic E-state index is 0.0444. The van der Waals surface area contributed by atoms with Crippen LogP contribution in [0.2, 0.25) is 0 Å². The molecule has 0 spiro atoms. The molecule has 3 N–H and O–H groups in total. The summed E-state index contributed by atoms with van der Waals surface area (Å²) in [5, 5.41) is 8.69. The smallest absolute Gasteiger partial charge is 0.358 e. The number of nitrogens with zero attached hydrogens (tertiary/aromatic N) is 3. The predicted octanol–water partition coefficient (Wildman–Crippen LogP) is 3.91. The molecule has 1 aromatic carbocycles. The SMILES string of the molecule is Cc1cc(Nc2nccc(C(F)(F)F)n2)cc(-c2ccc(NC3CCNC3=O)nc2)c1. The Labute approximate surface area is 176 Å². The second-order valence-corrected chi connectivity index (χ2v) is 7.18. The van der Waals surface area contributed by atoms with Gasteiger partial charge in [-0.15, -0.1) is 0 Å². The number of anilines is 3. The fourth-order valence-electron chi connectivity index (χ4n) is 3.29. The van der Waals surface area contributed by atoms with Gasteiger partial charge < -0.3 is 16.0 Å². The van der Waals surface area contributed by atoms with Gasteiger partial charge in [0.1, 0.15) is 17.6 Å². The van der Waals surface area contributed by atoms with Crippen LogP contribution in [0.5, 0.6) is 0 Å². The summed E-state index contributed by atoms with van der Waals surface area (Å²) in [5.41, 5.74) is 2.09. The monoisotopic (exact) mass is 428 g/mol. The van der Waals surface area contributed by atoms with Crippen LogP contribution in [0.15, 0.2) is 48.8 Å². The fraction of sp³-hybridized carbons (Fsp3) is 0.238.